The van der Waals surface area contributed by atoms with E-state index in [1.807, 2.05) is 30.1 Å². The highest BCUT2D eigenvalue weighted by molar-refractivity contribution is 14.0. The third-order valence-electron chi connectivity index (χ3n) is 4.58. The van der Waals surface area contributed by atoms with E-state index >= 15 is 0 Å². The smallest absolute Gasteiger partial charge is 0.222 e. The number of hydrogen-bond acceptors (Lipinski definition) is 3. The fraction of sp³-hybridized carbons (Fsp3) is 0.400. The van der Waals surface area contributed by atoms with Crippen LogP contribution < -0.4 is 5.32 Å². The molecule has 1 aliphatic rings. The molecule has 152 valence electrons. The Bertz CT molecular complexity index is 826. The molecular weight excluding hydrogens is 507 g/mol. The van der Waals surface area contributed by atoms with E-state index in [1.54, 1.807) is 18.4 Å². The van der Waals surface area contributed by atoms with Crippen LogP contribution in [0.25, 0.3) is 0 Å². The highest BCUT2D eigenvalue weighted by Gasteiger charge is 2.20. The van der Waals surface area contributed by atoms with Gasteiger partial charge in [-0.2, -0.15) is 0 Å². The third-order valence-corrected chi connectivity index (χ3v) is 5.80. The number of benzene rings is 1. The predicted octanol–water partition coefficient (Wildman–Crippen LogP) is 4.35. The van der Waals surface area contributed by atoms with Gasteiger partial charge in [0.05, 0.1) is 10.9 Å². The van der Waals surface area contributed by atoms with Gasteiger partial charge >= 0.3 is 0 Å². The Kier molecular flexibility index (Phi) is 9.04. The molecule has 1 amide bonds. The van der Waals surface area contributed by atoms with E-state index in [0.717, 1.165) is 29.8 Å². The normalized spacial score (nSPS) is 14.2. The minimum atomic E-state index is 0. The van der Waals surface area contributed by atoms with E-state index < -0.39 is 0 Å². The van der Waals surface area contributed by atoms with Crippen LogP contribution in [-0.4, -0.2) is 42.3 Å². The van der Waals surface area contributed by atoms with Crippen LogP contribution in [0.3, 0.4) is 0 Å². The lowest BCUT2D eigenvalue weighted by atomic mass is 10.1. The molecule has 3 rings (SSSR count). The van der Waals surface area contributed by atoms with Gasteiger partial charge in [0.15, 0.2) is 5.96 Å². The summed E-state index contributed by atoms with van der Waals surface area (Å²) in [6.45, 7) is 3.00. The largest absolute Gasteiger partial charge is 0.352 e. The summed E-state index contributed by atoms with van der Waals surface area (Å²) in [4.78, 5) is 21.4. The summed E-state index contributed by atoms with van der Waals surface area (Å²) in [6.07, 6.45) is 1.65. The summed E-state index contributed by atoms with van der Waals surface area (Å²) in [6, 6.07) is 12.3. The van der Waals surface area contributed by atoms with Crippen molar-refractivity contribution in [3.63, 3.8) is 0 Å². The average molecular weight is 533 g/mol. The van der Waals surface area contributed by atoms with Crippen molar-refractivity contribution >= 4 is 58.8 Å². The van der Waals surface area contributed by atoms with Gasteiger partial charge in [0.1, 0.15) is 0 Å². The molecule has 2 aromatic rings. The molecular formula is C20H26ClIN4OS. The minimum Gasteiger partial charge on any atom is -0.352 e. The number of guanidine groups is 1. The topological polar surface area (TPSA) is 47.9 Å². The molecule has 0 aliphatic carbocycles. The maximum Gasteiger partial charge on any atom is 0.222 e. The van der Waals surface area contributed by atoms with Gasteiger partial charge < -0.3 is 15.1 Å². The quantitative estimate of drug-likeness (QED) is 0.342. The molecule has 1 aromatic heterocycles. The van der Waals surface area contributed by atoms with Crippen molar-refractivity contribution in [2.45, 2.75) is 32.5 Å². The minimum absolute atomic E-state index is 0. The number of nitrogens with zero attached hydrogens (tertiary/aromatic N) is 3. The Hall–Kier alpha value is -1.32. The molecule has 0 saturated carbocycles. The second-order valence-corrected chi connectivity index (χ2v) is 8.50. The summed E-state index contributed by atoms with van der Waals surface area (Å²) in [5.41, 5.74) is 2.34. The number of likely N-dealkylation sites (tertiary alicyclic amines) is 1. The first-order valence-corrected chi connectivity index (χ1v) is 10.3. The zero-order chi connectivity index (χ0) is 19.2. The first-order valence-electron chi connectivity index (χ1n) is 9.07. The molecule has 0 unspecified atom stereocenters. The lowest BCUT2D eigenvalue weighted by molar-refractivity contribution is -0.128. The zero-order valence-corrected chi connectivity index (χ0v) is 20.1. The molecule has 1 aromatic carbocycles. The van der Waals surface area contributed by atoms with Crippen molar-refractivity contribution in [2.75, 3.05) is 20.6 Å². The summed E-state index contributed by atoms with van der Waals surface area (Å²) >= 11 is 7.60. The van der Waals surface area contributed by atoms with Crippen LogP contribution in [0, 0.1) is 0 Å². The second-order valence-electron chi connectivity index (χ2n) is 6.70. The van der Waals surface area contributed by atoms with Crippen molar-refractivity contribution < 1.29 is 4.79 Å². The van der Waals surface area contributed by atoms with E-state index in [9.17, 15) is 4.79 Å². The molecule has 8 heteroatoms. The molecule has 0 atom stereocenters. The molecule has 1 fully saturated rings. The lowest BCUT2D eigenvalue weighted by Crippen LogP contribution is -2.37. The van der Waals surface area contributed by atoms with Crippen LogP contribution >= 0.6 is 46.9 Å². The standard InChI is InChI=1S/C20H25ClN4OS.HI/c1-22-20(24(2)14-17-8-9-18(21)27-17)23-12-15-5-3-6-16(11-15)13-25-10-4-7-19(25)26;/h3,5-6,8-9,11H,4,7,10,12-14H2,1-2H3,(H,22,23);1H. The number of nitrogens with one attached hydrogen (secondary N) is 1. The van der Waals surface area contributed by atoms with Gasteiger partial charge in [-0.1, -0.05) is 35.9 Å². The van der Waals surface area contributed by atoms with E-state index in [1.165, 1.54) is 16.0 Å². The Morgan fingerprint density at radius 1 is 1.32 bits per heavy atom. The van der Waals surface area contributed by atoms with Crippen molar-refractivity contribution in [3.8, 4) is 0 Å². The molecule has 5 nitrogen and oxygen atoms in total. The van der Waals surface area contributed by atoms with Crippen LogP contribution in [0.1, 0.15) is 28.8 Å². The van der Waals surface area contributed by atoms with Gasteiger partial charge in [-0.3, -0.25) is 9.79 Å². The van der Waals surface area contributed by atoms with E-state index in [4.69, 9.17) is 11.6 Å². The molecule has 1 N–H and O–H groups in total. The highest BCUT2D eigenvalue weighted by atomic mass is 127. The van der Waals surface area contributed by atoms with Crippen LogP contribution in [0.15, 0.2) is 41.4 Å². The van der Waals surface area contributed by atoms with Crippen molar-refractivity contribution in [1.82, 2.24) is 15.1 Å². The van der Waals surface area contributed by atoms with Gasteiger partial charge in [-0.15, -0.1) is 35.3 Å². The number of rotatable bonds is 6. The zero-order valence-electron chi connectivity index (χ0n) is 16.2. The van der Waals surface area contributed by atoms with E-state index in [2.05, 4.69) is 33.4 Å². The Balaban J connectivity index is 0.00000280. The van der Waals surface area contributed by atoms with Crippen LogP contribution in [0.2, 0.25) is 4.34 Å². The Morgan fingerprint density at radius 2 is 2.11 bits per heavy atom. The number of carbonyl (C=O) groups excluding carboxylic acids is 1. The van der Waals surface area contributed by atoms with Gasteiger partial charge in [0.2, 0.25) is 5.91 Å². The van der Waals surface area contributed by atoms with Gasteiger partial charge in [0, 0.05) is 45.0 Å². The lowest BCUT2D eigenvalue weighted by Gasteiger charge is -2.22. The number of hydrogen-bond donors (Lipinski definition) is 1. The SMILES string of the molecule is CN=C(NCc1cccc(CN2CCCC2=O)c1)N(C)Cc1ccc(Cl)s1.I. The number of aliphatic imine (C=N–C) groups is 1. The predicted molar refractivity (Wildman–Crippen MR) is 128 cm³/mol. The van der Waals surface area contributed by atoms with Gasteiger partial charge in [-0.25, -0.2) is 0 Å². The molecule has 2 heterocycles. The van der Waals surface area contributed by atoms with E-state index in [0.29, 0.717) is 19.5 Å². The highest BCUT2D eigenvalue weighted by Crippen LogP contribution is 2.22. The average Bonchev–Trinajstić information content (AvgIpc) is 3.24. The summed E-state index contributed by atoms with van der Waals surface area (Å²) < 4.78 is 0.801. The molecule has 1 aliphatic heterocycles. The first kappa shape index (κ1) is 23.0. The fourth-order valence-corrected chi connectivity index (χ4v) is 4.38. The number of amides is 1. The van der Waals surface area contributed by atoms with Crippen LogP contribution in [0.4, 0.5) is 0 Å². The summed E-state index contributed by atoms with van der Waals surface area (Å²) in [5.74, 6) is 1.09. The molecule has 0 radical (unpaired) electrons. The maximum atomic E-state index is 11.8. The molecule has 1 saturated heterocycles. The number of thiophene rings is 1. The van der Waals surface area contributed by atoms with Gasteiger partial charge in [0.25, 0.3) is 0 Å². The number of carbonyl (C=O) groups is 1. The second kappa shape index (κ2) is 11.0. The third kappa shape index (κ3) is 6.35. The van der Waals surface area contributed by atoms with Crippen molar-refractivity contribution in [3.05, 3.63) is 56.7 Å². The Labute approximate surface area is 192 Å². The summed E-state index contributed by atoms with van der Waals surface area (Å²) in [7, 11) is 3.80. The molecule has 28 heavy (non-hydrogen) atoms. The molecule has 0 bridgehead atoms. The summed E-state index contributed by atoms with van der Waals surface area (Å²) in [5, 5.41) is 3.41. The van der Waals surface area contributed by atoms with Crippen LogP contribution in [-0.2, 0) is 24.4 Å². The monoisotopic (exact) mass is 532 g/mol. The van der Waals surface area contributed by atoms with Gasteiger partial charge in [-0.05, 0) is 29.7 Å². The van der Waals surface area contributed by atoms with Crippen molar-refractivity contribution in [2.24, 2.45) is 4.99 Å². The fourth-order valence-electron chi connectivity index (χ4n) is 3.24. The Morgan fingerprint density at radius 3 is 2.75 bits per heavy atom. The van der Waals surface area contributed by atoms with Crippen LogP contribution in [0.5, 0.6) is 0 Å². The number of halogens is 2. The first-order chi connectivity index (χ1) is 13.0. The van der Waals surface area contributed by atoms with Crippen molar-refractivity contribution in [1.29, 1.82) is 0 Å². The van der Waals surface area contributed by atoms with E-state index in [-0.39, 0.29) is 29.9 Å². The molecule has 0 spiro atoms. The maximum absolute atomic E-state index is 11.8.